The molecule has 4 rings (SSSR count). The van der Waals surface area contributed by atoms with E-state index in [1.807, 2.05) is 48.5 Å². The van der Waals surface area contributed by atoms with Crippen LogP contribution in [0, 0.1) is 0 Å². The number of para-hydroxylation sites is 2. The van der Waals surface area contributed by atoms with Gasteiger partial charge in [0.1, 0.15) is 11.5 Å². The van der Waals surface area contributed by atoms with E-state index in [1.165, 1.54) is 25.0 Å². The van der Waals surface area contributed by atoms with Crippen LogP contribution >= 0.6 is 12.1 Å². The molecule has 1 amide bonds. The van der Waals surface area contributed by atoms with Gasteiger partial charge in [-0.15, -0.1) is 0 Å². The van der Waals surface area contributed by atoms with Crippen molar-refractivity contribution in [2.45, 2.75) is 18.8 Å². The van der Waals surface area contributed by atoms with Crippen LogP contribution < -0.4 is 9.46 Å². The maximum atomic E-state index is 12.9. The molecule has 2 aromatic rings. The number of benzene rings is 2. The lowest BCUT2D eigenvalue weighted by molar-refractivity contribution is -0.119. The van der Waals surface area contributed by atoms with E-state index in [-0.39, 0.29) is 11.8 Å². The van der Waals surface area contributed by atoms with Crippen LogP contribution in [0.4, 0.5) is 0 Å². The first-order chi connectivity index (χ1) is 11.3. The molecule has 2 aliphatic heterocycles. The highest BCUT2D eigenvalue weighted by Crippen LogP contribution is 2.44. The maximum absolute atomic E-state index is 12.9. The number of amides is 1. The number of hydrogen-bond acceptors (Lipinski definition) is 4. The molecule has 0 spiro atoms. The van der Waals surface area contributed by atoms with Crippen molar-refractivity contribution < 1.29 is 9.53 Å². The van der Waals surface area contributed by atoms with Crippen molar-refractivity contribution in [2.75, 3.05) is 13.1 Å². The van der Waals surface area contributed by atoms with Crippen LogP contribution in [0.2, 0.25) is 0 Å². The van der Waals surface area contributed by atoms with Gasteiger partial charge in [-0.2, -0.15) is 0 Å². The summed E-state index contributed by atoms with van der Waals surface area (Å²) in [7, 11) is 0. The fourth-order valence-corrected chi connectivity index (χ4v) is 3.92. The molecule has 2 aliphatic rings. The Hall–Kier alpha value is -1.98. The van der Waals surface area contributed by atoms with E-state index >= 15 is 0 Å². The minimum atomic E-state index is -0.328. The number of nitrogens with one attached hydrogen (secondary N) is 1. The van der Waals surface area contributed by atoms with Crippen LogP contribution in [0.3, 0.4) is 0 Å². The van der Waals surface area contributed by atoms with E-state index in [0.29, 0.717) is 0 Å². The molecular weight excluding hydrogens is 308 g/mol. The highest BCUT2D eigenvalue weighted by Gasteiger charge is 2.32. The molecule has 118 valence electrons. The van der Waals surface area contributed by atoms with Crippen LogP contribution in [-0.4, -0.2) is 23.3 Å². The number of ether oxygens (including phenoxy) is 1. The van der Waals surface area contributed by atoms with Gasteiger partial charge in [0.25, 0.3) is 0 Å². The van der Waals surface area contributed by atoms with Gasteiger partial charge in [0, 0.05) is 36.4 Å². The Labute approximate surface area is 140 Å². The van der Waals surface area contributed by atoms with E-state index in [4.69, 9.17) is 4.74 Å². The summed E-state index contributed by atoms with van der Waals surface area (Å²) >= 11 is 1.43. The molecule has 2 aromatic carbocycles. The number of carbonyl (C=O) groups is 1. The molecule has 0 saturated carbocycles. The Balaban J connectivity index is 1.62. The summed E-state index contributed by atoms with van der Waals surface area (Å²) in [5.41, 5.74) is 1.84. The van der Waals surface area contributed by atoms with E-state index in [9.17, 15) is 4.79 Å². The number of carbonyl (C=O) groups excluding carboxylic acids is 1. The van der Waals surface area contributed by atoms with Crippen molar-refractivity contribution in [1.29, 1.82) is 0 Å². The molecule has 23 heavy (non-hydrogen) atoms. The van der Waals surface area contributed by atoms with Gasteiger partial charge >= 0.3 is 0 Å². The second kappa shape index (κ2) is 6.26. The molecule has 1 fully saturated rings. The Morgan fingerprint density at radius 3 is 2.17 bits per heavy atom. The topological polar surface area (TPSA) is 41.6 Å². The fourth-order valence-electron chi connectivity index (χ4n) is 3.14. The molecule has 0 aliphatic carbocycles. The van der Waals surface area contributed by atoms with Crippen LogP contribution in [0.15, 0.2) is 48.5 Å². The van der Waals surface area contributed by atoms with Gasteiger partial charge < -0.3 is 4.74 Å². The summed E-state index contributed by atoms with van der Waals surface area (Å²) in [6, 6.07) is 15.5. The third kappa shape index (κ3) is 2.82. The highest BCUT2D eigenvalue weighted by molar-refractivity contribution is 7.95. The predicted molar refractivity (Wildman–Crippen MR) is 91.3 cm³/mol. The van der Waals surface area contributed by atoms with E-state index < -0.39 is 0 Å². The monoisotopic (exact) mass is 326 g/mol. The average molecular weight is 326 g/mol. The van der Waals surface area contributed by atoms with Gasteiger partial charge in [-0.25, -0.2) is 4.31 Å². The molecule has 5 heteroatoms. The van der Waals surface area contributed by atoms with E-state index in [2.05, 4.69) is 9.03 Å². The zero-order chi connectivity index (χ0) is 15.6. The van der Waals surface area contributed by atoms with Crippen LogP contribution in [0.5, 0.6) is 11.5 Å². The Morgan fingerprint density at radius 2 is 1.57 bits per heavy atom. The maximum Gasteiger partial charge on any atom is 0.243 e. The predicted octanol–water partition coefficient (Wildman–Crippen LogP) is 3.70. The molecule has 4 nitrogen and oxygen atoms in total. The van der Waals surface area contributed by atoms with E-state index in [0.717, 1.165) is 35.7 Å². The number of fused-ring (bicyclic) bond motifs is 2. The first-order valence-corrected chi connectivity index (χ1v) is 8.68. The number of hydrogen-bond donors (Lipinski definition) is 1. The standard InChI is InChI=1S/C18H18N2O2S/c21-18(19-23-20-11-5-6-12-20)17-13-7-1-3-9-15(13)22-16-10-4-2-8-14(16)17/h1-4,7-10,17H,5-6,11-12H2,(H,19,21). The quantitative estimate of drug-likeness (QED) is 0.873. The van der Waals surface area contributed by atoms with Gasteiger partial charge in [0.05, 0.1) is 5.92 Å². The minimum Gasteiger partial charge on any atom is -0.457 e. The molecule has 0 aromatic heterocycles. The van der Waals surface area contributed by atoms with Gasteiger partial charge in [-0.3, -0.25) is 9.52 Å². The molecule has 0 unspecified atom stereocenters. The first kappa shape index (κ1) is 14.6. The lowest BCUT2D eigenvalue weighted by Crippen LogP contribution is -2.30. The van der Waals surface area contributed by atoms with E-state index in [1.54, 1.807) is 0 Å². The molecule has 0 radical (unpaired) electrons. The van der Waals surface area contributed by atoms with Gasteiger partial charge in [0.15, 0.2) is 0 Å². The molecular formula is C18H18N2O2S. The second-order valence-corrected chi connectivity index (χ2v) is 6.71. The summed E-state index contributed by atoms with van der Waals surface area (Å²) in [4.78, 5) is 12.9. The fraction of sp³-hybridized carbons (Fsp3) is 0.278. The number of nitrogens with zero attached hydrogens (tertiary/aromatic N) is 1. The second-order valence-electron chi connectivity index (χ2n) is 5.80. The van der Waals surface area contributed by atoms with Crippen LogP contribution in [0.25, 0.3) is 0 Å². The van der Waals surface area contributed by atoms with Crippen molar-refractivity contribution in [3.05, 3.63) is 59.7 Å². The van der Waals surface area contributed by atoms with Crippen molar-refractivity contribution in [1.82, 2.24) is 9.03 Å². The molecule has 1 saturated heterocycles. The molecule has 0 bridgehead atoms. The molecule has 1 N–H and O–H groups in total. The summed E-state index contributed by atoms with van der Waals surface area (Å²) in [5, 5.41) is 0. The third-order valence-electron chi connectivity index (χ3n) is 4.28. The third-order valence-corrected chi connectivity index (χ3v) is 5.20. The Morgan fingerprint density at radius 1 is 1.00 bits per heavy atom. The minimum absolute atomic E-state index is 0.00472. The van der Waals surface area contributed by atoms with Gasteiger partial charge in [-0.05, 0) is 25.0 Å². The summed E-state index contributed by atoms with van der Waals surface area (Å²) < 4.78 is 11.2. The molecule has 0 atom stereocenters. The number of rotatable bonds is 3. The lowest BCUT2D eigenvalue weighted by Gasteiger charge is -2.27. The van der Waals surface area contributed by atoms with Crippen LogP contribution in [-0.2, 0) is 4.79 Å². The van der Waals surface area contributed by atoms with Gasteiger partial charge in [0.2, 0.25) is 5.91 Å². The smallest absolute Gasteiger partial charge is 0.243 e. The van der Waals surface area contributed by atoms with Crippen molar-refractivity contribution in [3.8, 4) is 11.5 Å². The normalized spacial score (nSPS) is 17.2. The lowest BCUT2D eigenvalue weighted by atomic mass is 9.87. The van der Waals surface area contributed by atoms with Crippen molar-refractivity contribution >= 4 is 18.0 Å². The SMILES string of the molecule is O=C(NSN1CCCC1)C1c2ccccc2Oc2ccccc21. The van der Waals surface area contributed by atoms with Crippen LogP contribution in [0.1, 0.15) is 29.9 Å². The van der Waals surface area contributed by atoms with Gasteiger partial charge in [-0.1, -0.05) is 36.4 Å². The average Bonchev–Trinajstić information content (AvgIpc) is 3.11. The molecule has 2 heterocycles. The Bertz CT molecular complexity index is 683. The zero-order valence-electron chi connectivity index (χ0n) is 12.7. The largest absolute Gasteiger partial charge is 0.457 e. The highest BCUT2D eigenvalue weighted by atomic mass is 32.2. The first-order valence-electron chi connectivity index (χ1n) is 7.90. The summed E-state index contributed by atoms with van der Waals surface area (Å²) in [6.07, 6.45) is 2.40. The van der Waals surface area contributed by atoms with Crippen molar-refractivity contribution in [2.24, 2.45) is 0 Å². The Kier molecular flexibility index (Phi) is 3.97. The summed E-state index contributed by atoms with van der Waals surface area (Å²) in [6.45, 7) is 2.07. The zero-order valence-corrected chi connectivity index (χ0v) is 13.5. The summed E-state index contributed by atoms with van der Waals surface area (Å²) in [5.74, 6) is 1.20. The van der Waals surface area contributed by atoms with Crippen molar-refractivity contribution in [3.63, 3.8) is 0 Å².